The molecule has 1 aliphatic rings. The molecular weight excluding hydrogens is 447 g/mol. The maximum Gasteiger partial charge on any atom is 0.292 e. The topological polar surface area (TPSA) is 75.5 Å². The Bertz CT molecular complexity index is 1210. The van der Waals surface area contributed by atoms with Gasteiger partial charge in [-0.05, 0) is 36.4 Å². The number of anilines is 1. The highest BCUT2D eigenvalue weighted by Gasteiger charge is 2.24. The van der Waals surface area contributed by atoms with Crippen LogP contribution < -0.4 is 10.5 Å². The van der Waals surface area contributed by atoms with E-state index in [1.165, 1.54) is 28.9 Å². The molecule has 0 atom stereocenters. The molecule has 0 radical (unpaired) electrons. The van der Waals surface area contributed by atoms with E-state index in [0.29, 0.717) is 43.1 Å². The molecule has 0 bridgehead atoms. The Kier molecular flexibility index (Phi) is 6.84. The molecule has 1 aliphatic heterocycles. The van der Waals surface area contributed by atoms with Crippen molar-refractivity contribution >= 4 is 29.0 Å². The molecule has 1 saturated heterocycles. The Morgan fingerprint density at radius 3 is 2.27 bits per heavy atom. The van der Waals surface area contributed by atoms with Gasteiger partial charge in [-0.1, -0.05) is 29.8 Å². The van der Waals surface area contributed by atoms with E-state index in [9.17, 15) is 18.8 Å². The molecule has 0 aliphatic carbocycles. The Labute approximate surface area is 195 Å². The first kappa shape index (κ1) is 22.7. The monoisotopic (exact) mass is 468 g/mol. The summed E-state index contributed by atoms with van der Waals surface area (Å²) in [6.07, 6.45) is 1.72. The molecular formula is C24H22ClFN4O3. The molecule has 4 rings (SSSR count). The number of aromatic nitrogens is 2. The number of benzene rings is 2. The Hall–Kier alpha value is -3.52. The van der Waals surface area contributed by atoms with E-state index < -0.39 is 11.4 Å². The summed E-state index contributed by atoms with van der Waals surface area (Å²) < 4.78 is 14.3. The number of rotatable bonds is 6. The zero-order valence-electron chi connectivity index (χ0n) is 17.8. The fraction of sp³-hybridized carbons (Fsp3) is 0.250. The molecule has 2 aromatic carbocycles. The third-order valence-corrected chi connectivity index (χ3v) is 5.96. The molecule has 7 nitrogen and oxygen atoms in total. The number of Topliss-reactive ketones (excluding diaryl/α,β-unsaturated/α-hetero) is 1. The van der Waals surface area contributed by atoms with Gasteiger partial charge in [0, 0.05) is 44.6 Å². The van der Waals surface area contributed by atoms with Crippen molar-refractivity contribution in [3.05, 3.63) is 87.6 Å². The zero-order chi connectivity index (χ0) is 23.4. The SMILES string of the molecule is O=C(CCC(=O)N1CCN(c2cnn(-c3ccccc3)c(=O)c2Cl)CC1)c1ccc(F)cc1. The lowest BCUT2D eigenvalue weighted by Gasteiger charge is -2.36. The van der Waals surface area contributed by atoms with Gasteiger partial charge in [0.25, 0.3) is 5.56 Å². The lowest BCUT2D eigenvalue weighted by Crippen LogP contribution is -2.49. The number of hydrogen-bond acceptors (Lipinski definition) is 5. The third kappa shape index (κ3) is 5.12. The minimum atomic E-state index is -0.409. The molecule has 1 fully saturated rings. The Balaban J connectivity index is 1.34. The largest absolute Gasteiger partial charge is 0.365 e. The van der Waals surface area contributed by atoms with Crippen LogP contribution >= 0.6 is 11.6 Å². The second-order valence-electron chi connectivity index (χ2n) is 7.69. The highest BCUT2D eigenvalue weighted by Crippen LogP contribution is 2.23. The zero-order valence-corrected chi connectivity index (χ0v) is 18.5. The summed E-state index contributed by atoms with van der Waals surface area (Å²) in [6, 6.07) is 14.3. The minimum absolute atomic E-state index is 0.0676. The van der Waals surface area contributed by atoms with E-state index in [1.807, 2.05) is 23.1 Å². The van der Waals surface area contributed by atoms with Crippen molar-refractivity contribution in [3.8, 4) is 5.69 Å². The number of halogens is 2. The molecule has 2 heterocycles. The number of para-hydroxylation sites is 1. The van der Waals surface area contributed by atoms with E-state index in [1.54, 1.807) is 23.2 Å². The van der Waals surface area contributed by atoms with Gasteiger partial charge in [0.15, 0.2) is 5.78 Å². The molecule has 33 heavy (non-hydrogen) atoms. The van der Waals surface area contributed by atoms with Gasteiger partial charge < -0.3 is 9.80 Å². The van der Waals surface area contributed by atoms with Gasteiger partial charge >= 0.3 is 0 Å². The van der Waals surface area contributed by atoms with Crippen LogP contribution in [0.4, 0.5) is 10.1 Å². The van der Waals surface area contributed by atoms with Crippen LogP contribution in [0.3, 0.4) is 0 Å². The first-order valence-corrected chi connectivity index (χ1v) is 11.0. The molecule has 3 aromatic rings. The molecule has 0 saturated carbocycles. The summed E-state index contributed by atoms with van der Waals surface area (Å²) >= 11 is 6.38. The van der Waals surface area contributed by atoms with Crippen LogP contribution in [0, 0.1) is 5.82 Å². The van der Waals surface area contributed by atoms with Crippen molar-refractivity contribution in [2.24, 2.45) is 0 Å². The Morgan fingerprint density at radius 1 is 0.939 bits per heavy atom. The highest BCUT2D eigenvalue weighted by atomic mass is 35.5. The lowest BCUT2D eigenvalue weighted by molar-refractivity contribution is -0.131. The van der Waals surface area contributed by atoms with Gasteiger partial charge in [-0.3, -0.25) is 14.4 Å². The molecule has 170 valence electrons. The maximum atomic E-state index is 13.0. The predicted octanol–water partition coefficient (Wildman–Crippen LogP) is 3.34. The standard InChI is InChI=1S/C24H22ClFN4O3/c25-23-20(16-27-30(24(23)33)19-4-2-1-3-5-19)28-12-14-29(15-13-28)22(32)11-10-21(31)17-6-8-18(26)9-7-17/h1-9,16H,10-15H2. The average Bonchev–Trinajstić information content (AvgIpc) is 2.85. The van der Waals surface area contributed by atoms with Crippen LogP contribution in [-0.4, -0.2) is 52.5 Å². The van der Waals surface area contributed by atoms with Crippen LogP contribution in [-0.2, 0) is 4.79 Å². The number of hydrogen-bond donors (Lipinski definition) is 0. The number of nitrogens with zero attached hydrogens (tertiary/aromatic N) is 4. The van der Waals surface area contributed by atoms with Gasteiger partial charge in [0.05, 0.1) is 17.6 Å². The van der Waals surface area contributed by atoms with Crippen molar-refractivity contribution < 1.29 is 14.0 Å². The first-order valence-electron chi connectivity index (χ1n) is 10.6. The van der Waals surface area contributed by atoms with Crippen molar-refractivity contribution in [1.82, 2.24) is 14.7 Å². The fourth-order valence-electron chi connectivity index (χ4n) is 3.75. The van der Waals surface area contributed by atoms with Gasteiger partial charge in [-0.15, -0.1) is 0 Å². The summed E-state index contributed by atoms with van der Waals surface area (Å²) in [4.78, 5) is 41.1. The summed E-state index contributed by atoms with van der Waals surface area (Å²) in [5.74, 6) is -0.721. The van der Waals surface area contributed by atoms with E-state index in [-0.39, 0.29) is 29.6 Å². The third-order valence-electron chi connectivity index (χ3n) is 5.61. The van der Waals surface area contributed by atoms with Crippen molar-refractivity contribution in [2.45, 2.75) is 12.8 Å². The first-order chi connectivity index (χ1) is 15.9. The van der Waals surface area contributed by atoms with Crippen LogP contribution in [0.2, 0.25) is 5.02 Å². The molecule has 0 unspecified atom stereocenters. The quantitative estimate of drug-likeness (QED) is 0.519. The second-order valence-corrected chi connectivity index (χ2v) is 8.07. The predicted molar refractivity (Wildman–Crippen MR) is 124 cm³/mol. The molecule has 1 aromatic heterocycles. The summed E-state index contributed by atoms with van der Waals surface area (Å²) in [5, 5.41) is 4.34. The highest BCUT2D eigenvalue weighted by molar-refractivity contribution is 6.33. The minimum Gasteiger partial charge on any atom is -0.365 e. The van der Waals surface area contributed by atoms with Crippen molar-refractivity contribution in [2.75, 3.05) is 31.1 Å². The van der Waals surface area contributed by atoms with Crippen molar-refractivity contribution in [3.63, 3.8) is 0 Å². The molecule has 0 spiro atoms. The van der Waals surface area contributed by atoms with Crippen LogP contribution in [0.1, 0.15) is 23.2 Å². The van der Waals surface area contributed by atoms with E-state index in [2.05, 4.69) is 5.10 Å². The summed E-state index contributed by atoms with van der Waals surface area (Å²) in [7, 11) is 0. The van der Waals surface area contributed by atoms with Gasteiger partial charge in [0.2, 0.25) is 5.91 Å². The smallest absolute Gasteiger partial charge is 0.292 e. The fourth-order valence-corrected chi connectivity index (χ4v) is 4.00. The van der Waals surface area contributed by atoms with Gasteiger partial charge in [-0.25, -0.2) is 4.39 Å². The number of ketones is 1. The van der Waals surface area contributed by atoms with Crippen LogP contribution in [0.25, 0.3) is 5.69 Å². The van der Waals surface area contributed by atoms with Gasteiger partial charge in [0.1, 0.15) is 10.8 Å². The van der Waals surface area contributed by atoms with Crippen LogP contribution in [0.5, 0.6) is 0 Å². The molecule has 9 heteroatoms. The van der Waals surface area contributed by atoms with Crippen molar-refractivity contribution in [1.29, 1.82) is 0 Å². The average molecular weight is 469 g/mol. The number of piperazine rings is 1. The molecule has 0 N–H and O–H groups in total. The van der Waals surface area contributed by atoms with Gasteiger partial charge in [-0.2, -0.15) is 9.78 Å². The van der Waals surface area contributed by atoms with E-state index >= 15 is 0 Å². The maximum absolute atomic E-state index is 13.0. The normalized spacial score (nSPS) is 13.8. The second kappa shape index (κ2) is 9.95. The van der Waals surface area contributed by atoms with E-state index in [0.717, 1.165) is 0 Å². The Morgan fingerprint density at radius 2 is 1.61 bits per heavy atom. The van der Waals surface area contributed by atoms with Crippen LogP contribution in [0.15, 0.2) is 65.6 Å². The summed E-state index contributed by atoms with van der Waals surface area (Å²) in [6.45, 7) is 1.88. The van der Waals surface area contributed by atoms with E-state index in [4.69, 9.17) is 11.6 Å². The number of carbonyl (C=O) groups excluding carboxylic acids is 2. The number of amides is 1. The molecule has 1 amide bonds. The lowest BCUT2D eigenvalue weighted by atomic mass is 10.1. The number of carbonyl (C=O) groups is 2. The summed E-state index contributed by atoms with van der Waals surface area (Å²) in [5.41, 5.74) is 1.15.